The molecule has 10 heteroatoms. The average molecular weight is 528 g/mol. The number of benzene rings is 1. The van der Waals surface area contributed by atoms with Gasteiger partial charge in [-0.1, -0.05) is 17.7 Å². The molecule has 0 unspecified atom stereocenters. The van der Waals surface area contributed by atoms with Crippen molar-refractivity contribution in [3.63, 3.8) is 0 Å². The maximum absolute atomic E-state index is 12.6. The lowest BCUT2D eigenvalue weighted by molar-refractivity contribution is -0.127. The summed E-state index contributed by atoms with van der Waals surface area (Å²) in [6.07, 6.45) is 0.764. The Balaban J connectivity index is 0.00000784. The average Bonchev–Trinajstić information content (AvgIpc) is 2.64. The number of aryl methyl sites for hydroxylation is 1. The summed E-state index contributed by atoms with van der Waals surface area (Å²) in [4.78, 5) is 17.7. The highest BCUT2D eigenvalue weighted by Crippen LogP contribution is 2.22. The number of carbonyl (C=O) groups is 1. The maximum Gasteiger partial charge on any atom is 0.387 e. The predicted molar refractivity (Wildman–Crippen MR) is 120 cm³/mol. The molecule has 1 aromatic carbocycles. The van der Waals surface area contributed by atoms with Gasteiger partial charge in [0.15, 0.2) is 5.96 Å². The molecule has 0 bridgehead atoms. The quantitative estimate of drug-likeness (QED) is 0.200. The molecule has 0 aromatic heterocycles. The molecule has 0 saturated heterocycles. The summed E-state index contributed by atoms with van der Waals surface area (Å²) < 4.78 is 35.1. The Morgan fingerprint density at radius 2 is 2.00 bits per heavy atom. The molecule has 0 aliphatic rings. The van der Waals surface area contributed by atoms with E-state index in [1.165, 1.54) is 11.0 Å². The predicted octanol–water partition coefficient (Wildman–Crippen LogP) is 2.76. The number of rotatable bonds is 11. The molecule has 2 N–H and O–H groups in total. The van der Waals surface area contributed by atoms with Crippen molar-refractivity contribution in [2.45, 2.75) is 33.4 Å². The van der Waals surface area contributed by atoms with Gasteiger partial charge in [0.25, 0.3) is 0 Å². The van der Waals surface area contributed by atoms with Crippen molar-refractivity contribution in [3.05, 3.63) is 29.3 Å². The SMILES string of the molecule is CCOCCCNC(=NCc1cc(C)ccc1OC(F)F)NCC(=O)N(C)C.I. The van der Waals surface area contributed by atoms with E-state index in [0.29, 0.717) is 31.3 Å². The van der Waals surface area contributed by atoms with Gasteiger partial charge in [-0.25, -0.2) is 4.99 Å². The first-order valence-corrected chi connectivity index (χ1v) is 9.17. The lowest BCUT2D eigenvalue weighted by Gasteiger charge is -2.15. The van der Waals surface area contributed by atoms with E-state index in [4.69, 9.17) is 4.74 Å². The number of guanidine groups is 1. The molecule has 0 aliphatic heterocycles. The molecular formula is C19H31F2IN4O3. The van der Waals surface area contributed by atoms with Crippen LogP contribution in [0.5, 0.6) is 5.75 Å². The van der Waals surface area contributed by atoms with Crippen LogP contribution in [-0.4, -0.2) is 63.8 Å². The van der Waals surface area contributed by atoms with Crippen molar-refractivity contribution in [1.82, 2.24) is 15.5 Å². The Morgan fingerprint density at radius 1 is 1.28 bits per heavy atom. The third-order valence-corrected chi connectivity index (χ3v) is 3.71. The number of hydrogen-bond donors (Lipinski definition) is 2. The van der Waals surface area contributed by atoms with Crippen molar-refractivity contribution in [3.8, 4) is 5.75 Å². The van der Waals surface area contributed by atoms with Crippen LogP contribution in [0, 0.1) is 6.92 Å². The second kappa shape index (κ2) is 15.2. The molecule has 0 radical (unpaired) electrons. The highest BCUT2D eigenvalue weighted by molar-refractivity contribution is 14.0. The summed E-state index contributed by atoms with van der Waals surface area (Å²) in [5.74, 6) is 0.390. The van der Waals surface area contributed by atoms with Gasteiger partial charge < -0.3 is 25.0 Å². The third kappa shape index (κ3) is 11.8. The highest BCUT2D eigenvalue weighted by Gasteiger charge is 2.11. The molecule has 29 heavy (non-hydrogen) atoms. The standard InChI is InChI=1S/C19H30F2N4O3.HI/c1-5-27-10-6-9-22-19(24-13-17(26)25(3)4)23-12-15-11-14(2)7-8-16(15)28-18(20)21;/h7-8,11,18H,5-6,9-10,12-13H2,1-4H3,(H2,22,23,24);1H. The van der Waals surface area contributed by atoms with E-state index in [1.807, 2.05) is 13.8 Å². The van der Waals surface area contributed by atoms with Crippen molar-refractivity contribution in [2.24, 2.45) is 4.99 Å². The van der Waals surface area contributed by atoms with Gasteiger partial charge in [0.05, 0.1) is 13.1 Å². The van der Waals surface area contributed by atoms with Crippen LogP contribution in [0.1, 0.15) is 24.5 Å². The normalized spacial score (nSPS) is 11.1. The summed E-state index contributed by atoms with van der Waals surface area (Å²) in [6, 6.07) is 4.95. The van der Waals surface area contributed by atoms with Crippen LogP contribution in [0.15, 0.2) is 23.2 Å². The first-order valence-electron chi connectivity index (χ1n) is 9.17. The minimum atomic E-state index is -2.91. The van der Waals surface area contributed by atoms with Crippen molar-refractivity contribution in [1.29, 1.82) is 0 Å². The van der Waals surface area contributed by atoms with Crippen LogP contribution in [0.2, 0.25) is 0 Å². The summed E-state index contributed by atoms with van der Waals surface area (Å²) in [6.45, 7) is 2.93. The van der Waals surface area contributed by atoms with Gasteiger partial charge >= 0.3 is 6.61 Å². The molecule has 0 fully saturated rings. The first kappa shape index (κ1) is 27.3. The molecule has 7 nitrogen and oxygen atoms in total. The molecule has 166 valence electrons. The number of halogens is 3. The minimum absolute atomic E-state index is 0. The van der Waals surface area contributed by atoms with Gasteiger partial charge in [-0.3, -0.25) is 4.79 Å². The number of nitrogens with one attached hydrogen (secondary N) is 2. The first-order chi connectivity index (χ1) is 13.3. The second-order valence-corrected chi connectivity index (χ2v) is 6.27. The van der Waals surface area contributed by atoms with Crippen LogP contribution < -0.4 is 15.4 Å². The second-order valence-electron chi connectivity index (χ2n) is 6.27. The van der Waals surface area contributed by atoms with Crippen LogP contribution >= 0.6 is 24.0 Å². The van der Waals surface area contributed by atoms with Crippen LogP contribution in [0.3, 0.4) is 0 Å². The van der Waals surface area contributed by atoms with E-state index in [9.17, 15) is 13.6 Å². The zero-order valence-electron chi connectivity index (χ0n) is 17.3. The van der Waals surface area contributed by atoms with Gasteiger partial charge in [0, 0.05) is 39.4 Å². The number of alkyl halides is 2. The van der Waals surface area contributed by atoms with E-state index >= 15 is 0 Å². The van der Waals surface area contributed by atoms with Crippen molar-refractivity contribution in [2.75, 3.05) is 40.4 Å². The number of nitrogens with zero attached hydrogens (tertiary/aromatic N) is 2. The Morgan fingerprint density at radius 3 is 2.62 bits per heavy atom. The fourth-order valence-electron chi connectivity index (χ4n) is 2.22. The number of amides is 1. The fraction of sp³-hybridized carbons (Fsp3) is 0.579. The molecule has 0 aliphatic carbocycles. The maximum atomic E-state index is 12.6. The Hall–Kier alpha value is -1.69. The van der Waals surface area contributed by atoms with Gasteiger partial charge in [0.1, 0.15) is 5.75 Å². The molecule has 1 aromatic rings. The molecule has 1 amide bonds. The molecular weight excluding hydrogens is 497 g/mol. The number of ether oxygens (including phenoxy) is 2. The molecule has 0 atom stereocenters. The van der Waals surface area contributed by atoms with Crippen molar-refractivity contribution < 1.29 is 23.0 Å². The summed E-state index contributed by atoms with van der Waals surface area (Å²) in [5.41, 5.74) is 1.45. The Kier molecular flexibility index (Phi) is 14.3. The Labute approximate surface area is 188 Å². The zero-order chi connectivity index (χ0) is 20.9. The van der Waals surface area contributed by atoms with Crippen LogP contribution in [0.25, 0.3) is 0 Å². The lowest BCUT2D eigenvalue weighted by Crippen LogP contribution is -2.43. The minimum Gasteiger partial charge on any atom is -0.434 e. The van der Waals surface area contributed by atoms with Crippen LogP contribution in [-0.2, 0) is 16.1 Å². The molecule has 0 saturated carbocycles. The van der Waals surface area contributed by atoms with E-state index in [1.54, 1.807) is 26.2 Å². The summed E-state index contributed by atoms with van der Waals surface area (Å²) in [7, 11) is 3.33. The fourth-order valence-corrected chi connectivity index (χ4v) is 2.22. The zero-order valence-corrected chi connectivity index (χ0v) is 19.7. The number of hydrogen-bond acceptors (Lipinski definition) is 4. The van der Waals surface area contributed by atoms with Crippen molar-refractivity contribution >= 4 is 35.8 Å². The third-order valence-electron chi connectivity index (χ3n) is 3.71. The lowest BCUT2D eigenvalue weighted by atomic mass is 10.1. The van der Waals surface area contributed by atoms with Gasteiger partial charge in [-0.15, -0.1) is 24.0 Å². The van der Waals surface area contributed by atoms with Gasteiger partial charge in [0.2, 0.25) is 5.91 Å². The largest absolute Gasteiger partial charge is 0.434 e. The molecule has 0 spiro atoms. The molecule has 0 heterocycles. The highest BCUT2D eigenvalue weighted by atomic mass is 127. The topological polar surface area (TPSA) is 75.2 Å². The summed E-state index contributed by atoms with van der Waals surface area (Å²) in [5, 5.41) is 6.07. The van der Waals surface area contributed by atoms with E-state index in [0.717, 1.165) is 12.0 Å². The number of likely N-dealkylation sites (N-methyl/N-ethyl adjacent to an activating group) is 1. The summed E-state index contributed by atoms with van der Waals surface area (Å²) >= 11 is 0. The van der Waals surface area contributed by atoms with Gasteiger partial charge in [-0.05, 0) is 26.3 Å². The van der Waals surface area contributed by atoms with E-state index < -0.39 is 6.61 Å². The number of carbonyl (C=O) groups excluding carboxylic acids is 1. The number of aliphatic imine (C=N–C) groups is 1. The smallest absolute Gasteiger partial charge is 0.387 e. The van der Waals surface area contributed by atoms with Crippen LogP contribution in [0.4, 0.5) is 8.78 Å². The van der Waals surface area contributed by atoms with Gasteiger partial charge in [-0.2, -0.15) is 8.78 Å². The van der Waals surface area contributed by atoms with E-state index in [2.05, 4.69) is 20.4 Å². The monoisotopic (exact) mass is 528 g/mol. The molecule has 1 rings (SSSR count). The Bertz CT molecular complexity index is 646. The van der Waals surface area contributed by atoms with E-state index in [-0.39, 0.29) is 48.7 Å².